The van der Waals surface area contributed by atoms with E-state index in [2.05, 4.69) is 6.58 Å². The standard InChI is InChI=1S/C12H21NO3/c1-4-16-12(15)10(3)7-13-6-5-9(2)11(14)8-13/h9,11,14H,3-8H2,1-2H3. The number of nitrogens with zero attached hydrogens (tertiary/aromatic N) is 1. The van der Waals surface area contributed by atoms with Crippen molar-refractivity contribution in [1.29, 1.82) is 0 Å². The minimum Gasteiger partial charge on any atom is -0.463 e. The number of β-amino-alcohol motifs (C(OH)–C–C–N with tert-alkyl or cyclic N) is 1. The zero-order valence-corrected chi connectivity index (χ0v) is 10.1. The van der Waals surface area contributed by atoms with Crippen molar-refractivity contribution in [2.45, 2.75) is 26.4 Å². The number of ether oxygens (including phenoxy) is 1. The number of hydrogen-bond donors (Lipinski definition) is 1. The Hall–Kier alpha value is -0.870. The highest BCUT2D eigenvalue weighted by atomic mass is 16.5. The van der Waals surface area contributed by atoms with Crippen LogP contribution in [0.15, 0.2) is 12.2 Å². The highest BCUT2D eigenvalue weighted by molar-refractivity contribution is 5.88. The molecular weight excluding hydrogens is 206 g/mol. The SMILES string of the molecule is C=C(CN1CCC(C)C(O)C1)C(=O)OCC. The van der Waals surface area contributed by atoms with Crippen LogP contribution in [0.3, 0.4) is 0 Å². The first-order valence-corrected chi connectivity index (χ1v) is 5.80. The van der Waals surface area contributed by atoms with Gasteiger partial charge in [-0.15, -0.1) is 0 Å². The summed E-state index contributed by atoms with van der Waals surface area (Å²) in [7, 11) is 0. The molecule has 0 aromatic carbocycles. The van der Waals surface area contributed by atoms with Crippen molar-refractivity contribution in [3.63, 3.8) is 0 Å². The van der Waals surface area contributed by atoms with Crippen LogP contribution >= 0.6 is 0 Å². The number of esters is 1. The lowest BCUT2D eigenvalue weighted by molar-refractivity contribution is -0.138. The number of carbonyl (C=O) groups is 1. The van der Waals surface area contributed by atoms with Crippen LogP contribution in [0.25, 0.3) is 0 Å². The zero-order valence-electron chi connectivity index (χ0n) is 10.1. The van der Waals surface area contributed by atoms with E-state index in [0.29, 0.717) is 31.2 Å². The van der Waals surface area contributed by atoms with Gasteiger partial charge in [-0.3, -0.25) is 4.90 Å². The minimum atomic E-state index is -0.337. The summed E-state index contributed by atoms with van der Waals surface area (Å²) in [5, 5.41) is 9.72. The molecular formula is C12H21NO3. The first-order valence-electron chi connectivity index (χ1n) is 5.80. The molecule has 0 bridgehead atoms. The lowest BCUT2D eigenvalue weighted by Gasteiger charge is -2.34. The van der Waals surface area contributed by atoms with E-state index in [-0.39, 0.29) is 12.1 Å². The Bertz CT molecular complexity index is 265. The van der Waals surface area contributed by atoms with Crippen LogP contribution in [0.2, 0.25) is 0 Å². The molecule has 2 unspecified atom stereocenters. The molecule has 1 N–H and O–H groups in total. The Morgan fingerprint density at radius 1 is 1.62 bits per heavy atom. The Kier molecular flexibility index (Phi) is 4.96. The highest BCUT2D eigenvalue weighted by Crippen LogP contribution is 2.17. The van der Waals surface area contributed by atoms with Gasteiger partial charge in [0.25, 0.3) is 0 Å². The zero-order chi connectivity index (χ0) is 12.1. The molecule has 0 aromatic rings. The van der Waals surface area contributed by atoms with E-state index in [0.717, 1.165) is 13.0 Å². The van der Waals surface area contributed by atoms with Crippen molar-refractivity contribution in [3.05, 3.63) is 12.2 Å². The first kappa shape index (κ1) is 13.2. The second kappa shape index (κ2) is 6.01. The quantitative estimate of drug-likeness (QED) is 0.570. The van der Waals surface area contributed by atoms with E-state index < -0.39 is 0 Å². The second-order valence-electron chi connectivity index (χ2n) is 4.39. The lowest BCUT2D eigenvalue weighted by atomic mass is 9.96. The first-order chi connectivity index (χ1) is 7.54. The van der Waals surface area contributed by atoms with E-state index in [9.17, 15) is 9.90 Å². The average Bonchev–Trinajstić information content (AvgIpc) is 2.24. The smallest absolute Gasteiger partial charge is 0.334 e. The van der Waals surface area contributed by atoms with Gasteiger partial charge in [0.1, 0.15) is 0 Å². The maximum Gasteiger partial charge on any atom is 0.334 e. The van der Waals surface area contributed by atoms with Crippen LogP contribution in [0.4, 0.5) is 0 Å². The van der Waals surface area contributed by atoms with Gasteiger partial charge in [0, 0.05) is 18.7 Å². The molecule has 0 saturated carbocycles. The van der Waals surface area contributed by atoms with Crippen molar-refractivity contribution in [2.75, 3.05) is 26.2 Å². The summed E-state index contributed by atoms with van der Waals surface area (Å²) in [5.74, 6) is 0.00252. The molecule has 1 heterocycles. The Morgan fingerprint density at radius 2 is 2.31 bits per heavy atom. The average molecular weight is 227 g/mol. The molecule has 16 heavy (non-hydrogen) atoms. The minimum absolute atomic E-state index is 0.302. The third kappa shape index (κ3) is 3.61. The Balaban J connectivity index is 2.37. The summed E-state index contributed by atoms with van der Waals surface area (Å²) in [6.45, 7) is 9.90. The van der Waals surface area contributed by atoms with Crippen molar-refractivity contribution >= 4 is 5.97 Å². The van der Waals surface area contributed by atoms with Crippen molar-refractivity contribution < 1.29 is 14.6 Å². The molecule has 92 valence electrons. The largest absolute Gasteiger partial charge is 0.463 e. The van der Waals surface area contributed by atoms with Gasteiger partial charge in [0.15, 0.2) is 0 Å². The molecule has 4 heteroatoms. The van der Waals surface area contributed by atoms with Gasteiger partial charge in [-0.2, -0.15) is 0 Å². The molecule has 1 aliphatic rings. The van der Waals surface area contributed by atoms with Crippen LogP contribution in [0.5, 0.6) is 0 Å². The van der Waals surface area contributed by atoms with Crippen LogP contribution in [-0.4, -0.2) is 48.3 Å². The molecule has 1 fully saturated rings. The summed E-state index contributed by atoms with van der Waals surface area (Å²) in [6.07, 6.45) is 0.654. The number of piperidine rings is 1. The molecule has 0 amide bonds. The van der Waals surface area contributed by atoms with Gasteiger partial charge >= 0.3 is 5.97 Å². The van der Waals surface area contributed by atoms with Gasteiger partial charge < -0.3 is 9.84 Å². The molecule has 0 radical (unpaired) electrons. The fraction of sp³-hybridized carbons (Fsp3) is 0.750. The summed E-state index contributed by atoms with van der Waals surface area (Å²) >= 11 is 0. The van der Waals surface area contributed by atoms with E-state index >= 15 is 0 Å². The molecule has 1 saturated heterocycles. The Morgan fingerprint density at radius 3 is 2.88 bits per heavy atom. The van der Waals surface area contributed by atoms with Gasteiger partial charge in [0.05, 0.1) is 12.7 Å². The molecule has 2 atom stereocenters. The molecule has 4 nitrogen and oxygen atoms in total. The summed E-state index contributed by atoms with van der Waals surface area (Å²) < 4.78 is 4.87. The van der Waals surface area contributed by atoms with Gasteiger partial charge in [-0.1, -0.05) is 13.5 Å². The fourth-order valence-electron chi connectivity index (χ4n) is 1.83. The fourth-order valence-corrected chi connectivity index (χ4v) is 1.83. The van der Waals surface area contributed by atoms with Gasteiger partial charge in [-0.05, 0) is 25.8 Å². The topological polar surface area (TPSA) is 49.8 Å². The van der Waals surface area contributed by atoms with Crippen molar-refractivity contribution in [1.82, 2.24) is 4.90 Å². The third-order valence-electron chi connectivity index (χ3n) is 2.98. The number of aliphatic hydroxyl groups is 1. The van der Waals surface area contributed by atoms with Crippen molar-refractivity contribution in [3.8, 4) is 0 Å². The van der Waals surface area contributed by atoms with Crippen molar-refractivity contribution in [2.24, 2.45) is 5.92 Å². The molecule has 1 rings (SSSR count). The number of aliphatic hydroxyl groups excluding tert-OH is 1. The lowest BCUT2D eigenvalue weighted by Crippen LogP contribution is -2.44. The molecule has 0 aromatic heterocycles. The monoisotopic (exact) mass is 227 g/mol. The normalized spacial score (nSPS) is 26.4. The van der Waals surface area contributed by atoms with E-state index in [1.54, 1.807) is 6.92 Å². The number of hydrogen-bond acceptors (Lipinski definition) is 4. The Labute approximate surface area is 96.9 Å². The predicted molar refractivity (Wildman–Crippen MR) is 62.0 cm³/mol. The maximum absolute atomic E-state index is 11.4. The molecule has 0 aliphatic carbocycles. The van der Waals surface area contributed by atoms with Crippen LogP contribution in [0.1, 0.15) is 20.3 Å². The van der Waals surface area contributed by atoms with E-state index in [1.807, 2.05) is 11.8 Å². The summed E-state index contributed by atoms with van der Waals surface area (Å²) in [5.41, 5.74) is 0.462. The van der Waals surface area contributed by atoms with Crippen LogP contribution < -0.4 is 0 Å². The summed E-state index contributed by atoms with van der Waals surface area (Å²) in [4.78, 5) is 13.4. The summed E-state index contributed by atoms with van der Waals surface area (Å²) in [6, 6.07) is 0. The number of likely N-dealkylation sites (tertiary alicyclic amines) is 1. The van der Waals surface area contributed by atoms with E-state index in [4.69, 9.17) is 4.74 Å². The number of rotatable bonds is 4. The number of carbonyl (C=O) groups excluding carboxylic acids is 1. The van der Waals surface area contributed by atoms with Gasteiger partial charge in [0.2, 0.25) is 0 Å². The molecule has 1 aliphatic heterocycles. The second-order valence-corrected chi connectivity index (χ2v) is 4.39. The predicted octanol–water partition coefficient (Wildman–Crippen LogP) is 0.808. The molecule has 0 spiro atoms. The highest BCUT2D eigenvalue weighted by Gasteiger charge is 2.25. The maximum atomic E-state index is 11.4. The van der Waals surface area contributed by atoms with Crippen LogP contribution in [0, 0.1) is 5.92 Å². The van der Waals surface area contributed by atoms with E-state index in [1.165, 1.54) is 0 Å². The third-order valence-corrected chi connectivity index (χ3v) is 2.98. The van der Waals surface area contributed by atoms with Crippen LogP contribution in [-0.2, 0) is 9.53 Å². The van der Waals surface area contributed by atoms with Gasteiger partial charge in [-0.25, -0.2) is 4.79 Å².